The molecule has 5 aromatic rings. The molecule has 0 spiro atoms. The van der Waals surface area contributed by atoms with Gasteiger partial charge in [-0.3, -0.25) is 0 Å². The predicted molar refractivity (Wildman–Crippen MR) is 189 cm³/mol. The number of hydrogen-bond donors (Lipinski definition) is 1. The van der Waals surface area contributed by atoms with Gasteiger partial charge in [0.15, 0.2) is 15.4 Å². The van der Waals surface area contributed by atoms with Gasteiger partial charge in [-0.1, -0.05) is 37.3 Å². The third-order valence-corrected chi connectivity index (χ3v) is 10.7. The van der Waals surface area contributed by atoms with Crippen molar-refractivity contribution in [1.82, 2.24) is 9.97 Å². The minimum absolute atomic E-state index is 0.0104. The minimum atomic E-state index is -3.53. The molecule has 6 rings (SSSR count). The Labute approximate surface area is 293 Å². The average Bonchev–Trinajstić information content (AvgIpc) is 3.60. The van der Waals surface area contributed by atoms with Gasteiger partial charge < -0.3 is 24.3 Å². The number of nitrogens with zero attached hydrogens (tertiary/aromatic N) is 2. The van der Waals surface area contributed by atoms with Gasteiger partial charge in [-0.25, -0.2) is 22.8 Å². The Morgan fingerprint density at radius 2 is 1.86 bits per heavy atom. The molecule has 0 aliphatic carbocycles. The van der Waals surface area contributed by atoms with Gasteiger partial charge in [-0.15, -0.1) is 0 Å². The summed E-state index contributed by atoms with van der Waals surface area (Å²) in [4.78, 5) is 9.32. The van der Waals surface area contributed by atoms with Crippen LogP contribution in [0, 0.1) is 5.82 Å². The van der Waals surface area contributed by atoms with E-state index in [0.717, 1.165) is 22.2 Å². The molecule has 1 N–H and O–H groups in total. The van der Waals surface area contributed by atoms with Gasteiger partial charge in [0.1, 0.15) is 42.2 Å². The molecule has 49 heavy (non-hydrogen) atoms. The van der Waals surface area contributed by atoms with Crippen molar-refractivity contribution in [2.24, 2.45) is 0 Å². The monoisotopic (exact) mass is 747 g/mol. The summed E-state index contributed by atoms with van der Waals surface area (Å²) in [5.41, 5.74) is 1.86. The number of fused-ring (bicyclic) bond motifs is 1. The summed E-state index contributed by atoms with van der Waals surface area (Å²) in [6, 6.07) is 24.0. The average molecular weight is 749 g/mol. The smallest absolute Gasteiger partial charge is 0.180 e. The molecule has 0 saturated heterocycles. The Kier molecular flexibility index (Phi) is 10.5. The molecule has 9 nitrogen and oxygen atoms in total. The summed E-state index contributed by atoms with van der Waals surface area (Å²) in [7, 11) is -1.94. The number of nitrogens with one attached hydrogen (secondary N) is 1. The molecule has 12 heteroatoms. The second kappa shape index (κ2) is 14.9. The fourth-order valence-corrected chi connectivity index (χ4v) is 7.54. The van der Waals surface area contributed by atoms with E-state index in [0.29, 0.717) is 40.1 Å². The predicted octanol–water partition coefficient (Wildman–Crippen LogP) is 8.26. The Balaban J connectivity index is 1.26. The topological polar surface area (TPSA) is 109 Å². The number of sulfone groups is 1. The fraction of sp³-hybridized carbons (Fsp3) is 0.243. The first-order chi connectivity index (χ1) is 23.7. The Morgan fingerprint density at radius 3 is 2.57 bits per heavy atom. The van der Waals surface area contributed by atoms with E-state index in [1.165, 1.54) is 18.5 Å². The van der Waals surface area contributed by atoms with Gasteiger partial charge in [0.05, 0.1) is 40.6 Å². The third-order valence-electron chi connectivity index (χ3n) is 8.35. The summed E-state index contributed by atoms with van der Waals surface area (Å²) in [5, 5.41) is 4.11. The quantitative estimate of drug-likeness (QED) is 0.120. The van der Waals surface area contributed by atoms with E-state index in [9.17, 15) is 12.8 Å². The number of rotatable bonds is 14. The van der Waals surface area contributed by atoms with E-state index in [2.05, 4.69) is 31.2 Å². The summed E-state index contributed by atoms with van der Waals surface area (Å²) in [6.07, 6.45) is 5.57. The summed E-state index contributed by atoms with van der Waals surface area (Å²) >= 11 is 3.59. The van der Waals surface area contributed by atoms with Crippen LogP contribution in [0.15, 0.2) is 113 Å². The molecule has 0 amide bonds. The van der Waals surface area contributed by atoms with Crippen molar-refractivity contribution < 1.29 is 31.8 Å². The zero-order valence-corrected chi connectivity index (χ0v) is 29.3. The van der Waals surface area contributed by atoms with Crippen LogP contribution in [0.2, 0.25) is 0 Å². The number of aromatic nitrogens is 2. The molecule has 2 atom stereocenters. The number of ether oxygens (including phenoxy) is 4. The van der Waals surface area contributed by atoms with Crippen LogP contribution in [0.1, 0.15) is 30.9 Å². The lowest BCUT2D eigenvalue weighted by molar-refractivity contribution is -0.108. The first-order valence-electron chi connectivity index (χ1n) is 15.7. The zero-order chi connectivity index (χ0) is 34.4. The lowest BCUT2D eigenvalue weighted by atomic mass is 9.83. The summed E-state index contributed by atoms with van der Waals surface area (Å²) in [6.45, 7) is 2.19. The lowest BCUT2D eigenvalue weighted by Gasteiger charge is -2.37. The van der Waals surface area contributed by atoms with Gasteiger partial charge in [0.2, 0.25) is 0 Å². The second-order valence-corrected chi connectivity index (χ2v) is 14.4. The second-order valence-electron chi connectivity index (χ2n) is 11.5. The van der Waals surface area contributed by atoms with Crippen LogP contribution in [0.3, 0.4) is 0 Å². The van der Waals surface area contributed by atoms with Gasteiger partial charge in [0.25, 0.3) is 0 Å². The minimum Gasteiger partial charge on any atom is -0.496 e. The SMILES string of the molecule is CCC(OCCS(=O)(=O)c1ccccc1)C1(c2cc3c(Nc4ccc(OCc5cccc(F)c5)c(Br)c4)ncnc3cc2OC)CC=CO1. The standard InChI is InChI=1S/C37H35BrFN3O6S/c1-3-35(46-17-18-49(43,44)28-11-5-4-6-12-28)37(15-8-16-48-37)30-21-29-32(22-34(30)45-2)40-24-41-36(29)42-27-13-14-33(31(38)20-27)47-23-25-9-7-10-26(39)19-25/h4-14,16,19-22,24,35H,3,15,17-18,23H2,1-2H3,(H,40,41,42). The van der Waals surface area contributed by atoms with Crippen LogP contribution in [0.25, 0.3) is 10.9 Å². The Morgan fingerprint density at radius 1 is 1.02 bits per heavy atom. The van der Waals surface area contributed by atoms with Gasteiger partial charge >= 0.3 is 0 Å². The van der Waals surface area contributed by atoms with E-state index in [4.69, 9.17) is 18.9 Å². The normalized spacial score (nSPS) is 16.3. The molecular formula is C37H35BrFN3O6S. The van der Waals surface area contributed by atoms with Crippen molar-refractivity contribution in [2.45, 2.75) is 43.0 Å². The molecular weight excluding hydrogens is 713 g/mol. The molecule has 254 valence electrons. The number of halogens is 2. The lowest BCUT2D eigenvalue weighted by Crippen LogP contribution is -2.41. The number of benzene rings is 4. The molecule has 1 aromatic heterocycles. The molecule has 4 aromatic carbocycles. The van der Waals surface area contributed by atoms with Crippen molar-refractivity contribution in [3.05, 3.63) is 125 Å². The largest absolute Gasteiger partial charge is 0.496 e. The highest BCUT2D eigenvalue weighted by Crippen LogP contribution is 2.46. The van der Waals surface area contributed by atoms with Crippen molar-refractivity contribution in [3.8, 4) is 11.5 Å². The maximum absolute atomic E-state index is 13.6. The number of methoxy groups -OCH3 is 1. The molecule has 2 unspecified atom stereocenters. The first-order valence-corrected chi connectivity index (χ1v) is 18.2. The fourth-order valence-electron chi connectivity index (χ4n) is 5.93. The number of hydrogen-bond acceptors (Lipinski definition) is 9. The third kappa shape index (κ3) is 7.56. The van der Waals surface area contributed by atoms with Gasteiger partial charge in [-0.2, -0.15) is 0 Å². The van der Waals surface area contributed by atoms with Crippen molar-refractivity contribution in [3.63, 3.8) is 0 Å². The van der Waals surface area contributed by atoms with Gasteiger partial charge in [0, 0.05) is 29.1 Å². The molecule has 1 aliphatic heterocycles. The van der Waals surface area contributed by atoms with Crippen molar-refractivity contribution in [2.75, 3.05) is 24.8 Å². The number of anilines is 2. The van der Waals surface area contributed by atoms with E-state index in [1.807, 2.05) is 43.3 Å². The maximum atomic E-state index is 13.6. The van der Waals surface area contributed by atoms with E-state index in [1.54, 1.807) is 55.8 Å². The summed E-state index contributed by atoms with van der Waals surface area (Å²) < 4.78 is 64.7. The molecule has 0 saturated carbocycles. The molecule has 0 bridgehead atoms. The molecule has 1 aliphatic rings. The first kappa shape index (κ1) is 34.3. The Bertz CT molecular complexity index is 2070. The highest BCUT2D eigenvalue weighted by atomic mass is 79.9. The van der Waals surface area contributed by atoms with E-state index < -0.39 is 21.5 Å². The highest BCUT2D eigenvalue weighted by molar-refractivity contribution is 9.10. The maximum Gasteiger partial charge on any atom is 0.180 e. The van der Waals surface area contributed by atoms with Crippen molar-refractivity contribution >= 4 is 48.2 Å². The van der Waals surface area contributed by atoms with Crippen molar-refractivity contribution in [1.29, 1.82) is 0 Å². The Hall–Kier alpha value is -4.52. The van der Waals surface area contributed by atoms with Crippen LogP contribution in [-0.2, 0) is 31.5 Å². The summed E-state index contributed by atoms with van der Waals surface area (Å²) in [5.74, 6) is 1.23. The van der Waals surface area contributed by atoms with Gasteiger partial charge in [-0.05, 0) is 82.5 Å². The van der Waals surface area contributed by atoms with Crippen LogP contribution in [0.5, 0.6) is 11.5 Å². The molecule has 0 radical (unpaired) electrons. The van der Waals surface area contributed by atoms with Crippen LogP contribution < -0.4 is 14.8 Å². The van der Waals surface area contributed by atoms with Crippen LogP contribution in [-0.4, -0.2) is 44.0 Å². The molecule has 0 fully saturated rings. The highest BCUT2D eigenvalue weighted by Gasteiger charge is 2.46. The zero-order valence-electron chi connectivity index (χ0n) is 26.9. The van der Waals surface area contributed by atoms with E-state index >= 15 is 0 Å². The van der Waals surface area contributed by atoms with E-state index in [-0.39, 0.29) is 29.7 Å². The molecule has 2 heterocycles. The van der Waals surface area contributed by atoms with Crippen LogP contribution in [0.4, 0.5) is 15.9 Å². The van der Waals surface area contributed by atoms with Crippen LogP contribution >= 0.6 is 15.9 Å².